The van der Waals surface area contributed by atoms with Crippen LogP contribution >= 0.6 is 0 Å². The van der Waals surface area contributed by atoms with Crippen molar-refractivity contribution in [3.8, 4) is 0 Å². The van der Waals surface area contributed by atoms with E-state index in [0.717, 1.165) is 24.0 Å². The summed E-state index contributed by atoms with van der Waals surface area (Å²) in [4.78, 5) is 0. The topological polar surface area (TPSA) is 90.9 Å². The minimum absolute atomic E-state index is 0.123. The van der Waals surface area contributed by atoms with E-state index in [4.69, 9.17) is 5.14 Å². The molecule has 1 fully saturated rings. The Labute approximate surface area is 117 Å². The average Bonchev–Trinajstić information content (AvgIpc) is 3.09. The van der Waals surface area contributed by atoms with Crippen molar-refractivity contribution in [3.05, 3.63) is 41.2 Å². The van der Waals surface area contributed by atoms with Gasteiger partial charge in [0.15, 0.2) is 0 Å². The second-order valence-corrected chi connectivity index (χ2v) is 6.67. The second-order valence-electron chi connectivity index (χ2n) is 5.21. The lowest BCUT2D eigenvalue weighted by Gasteiger charge is -2.08. The molecule has 0 unspecified atom stereocenters. The Balaban J connectivity index is 2.00. The molecule has 0 spiro atoms. The first-order valence-corrected chi connectivity index (χ1v) is 8.02. The molecule has 2 N–H and O–H groups in total. The summed E-state index contributed by atoms with van der Waals surface area (Å²) in [6, 6.07) is 8.21. The summed E-state index contributed by atoms with van der Waals surface area (Å²) in [7, 11) is -3.83. The summed E-state index contributed by atoms with van der Waals surface area (Å²) >= 11 is 0. The number of nitrogens with two attached hydrogens (primary N) is 1. The second kappa shape index (κ2) is 4.68. The Morgan fingerprint density at radius 2 is 2.10 bits per heavy atom. The Morgan fingerprint density at radius 1 is 1.35 bits per heavy atom. The zero-order valence-electron chi connectivity index (χ0n) is 11.2. The van der Waals surface area contributed by atoms with Crippen LogP contribution in [0.25, 0.3) is 0 Å². The van der Waals surface area contributed by atoms with E-state index in [1.54, 1.807) is 4.57 Å². The molecule has 1 aromatic heterocycles. The number of nitrogens with zero attached hydrogens (tertiary/aromatic N) is 3. The van der Waals surface area contributed by atoms with Gasteiger partial charge in [-0.3, -0.25) is 4.57 Å². The molecule has 106 valence electrons. The number of aromatic nitrogens is 3. The molecule has 1 saturated carbocycles. The Kier molecular flexibility index (Phi) is 3.10. The lowest BCUT2D eigenvalue weighted by atomic mass is 10.1. The lowest BCUT2D eigenvalue weighted by molar-refractivity contribution is 0.560. The van der Waals surface area contributed by atoms with Crippen molar-refractivity contribution in [3.63, 3.8) is 0 Å². The highest BCUT2D eigenvalue weighted by atomic mass is 32.2. The maximum Gasteiger partial charge on any atom is 0.273 e. The van der Waals surface area contributed by atoms with Crippen LogP contribution in [-0.2, 0) is 16.4 Å². The van der Waals surface area contributed by atoms with Crippen LogP contribution in [0.4, 0.5) is 0 Å². The minimum Gasteiger partial charge on any atom is -0.297 e. The molecule has 0 amide bonds. The molecule has 1 heterocycles. The van der Waals surface area contributed by atoms with E-state index < -0.39 is 10.0 Å². The molecule has 2 aromatic rings. The molecule has 1 aliphatic rings. The molecule has 0 atom stereocenters. The molecule has 1 aliphatic carbocycles. The first kappa shape index (κ1) is 13.3. The lowest BCUT2D eigenvalue weighted by Crippen LogP contribution is -2.19. The number of aryl methyl sites for hydroxylation is 1. The van der Waals surface area contributed by atoms with Crippen molar-refractivity contribution in [2.45, 2.75) is 37.4 Å². The van der Waals surface area contributed by atoms with Gasteiger partial charge in [0.05, 0.1) is 0 Å². The summed E-state index contributed by atoms with van der Waals surface area (Å²) in [5.41, 5.74) is 2.24. The zero-order chi connectivity index (χ0) is 14.3. The number of sulfonamides is 1. The molecule has 0 radical (unpaired) electrons. The van der Waals surface area contributed by atoms with E-state index >= 15 is 0 Å². The summed E-state index contributed by atoms with van der Waals surface area (Å²) in [5, 5.41) is 12.9. The fourth-order valence-corrected chi connectivity index (χ4v) is 3.01. The molecular formula is C13H16N4O2S. The van der Waals surface area contributed by atoms with Crippen LogP contribution in [0.15, 0.2) is 29.4 Å². The highest BCUT2D eigenvalue weighted by Gasteiger charge is 2.32. The molecular weight excluding hydrogens is 276 g/mol. The van der Waals surface area contributed by atoms with Crippen molar-refractivity contribution in [1.29, 1.82) is 0 Å². The maximum atomic E-state index is 11.6. The van der Waals surface area contributed by atoms with Gasteiger partial charge in [-0.05, 0) is 25.3 Å². The maximum absolute atomic E-state index is 11.6. The van der Waals surface area contributed by atoms with Gasteiger partial charge >= 0.3 is 0 Å². The summed E-state index contributed by atoms with van der Waals surface area (Å²) in [6.45, 7) is 2.02. The molecule has 6 nitrogen and oxygen atoms in total. The molecule has 1 aromatic carbocycles. The normalized spacial score (nSPS) is 15.5. The van der Waals surface area contributed by atoms with Gasteiger partial charge in [-0.15, -0.1) is 10.2 Å². The quantitative estimate of drug-likeness (QED) is 0.915. The van der Waals surface area contributed by atoms with E-state index in [9.17, 15) is 8.42 Å². The average molecular weight is 292 g/mol. The van der Waals surface area contributed by atoms with Gasteiger partial charge in [0, 0.05) is 12.5 Å². The zero-order valence-corrected chi connectivity index (χ0v) is 12.0. The number of hydrogen-bond acceptors (Lipinski definition) is 4. The van der Waals surface area contributed by atoms with Gasteiger partial charge in [-0.25, -0.2) is 13.6 Å². The predicted octanol–water partition coefficient (Wildman–Crippen LogP) is 1.16. The number of hydrogen-bond donors (Lipinski definition) is 1. The number of primary sulfonamides is 1. The SMILES string of the molecule is Cc1cccc(Cc2nnc(S(N)(=O)=O)n2C2CC2)c1. The largest absolute Gasteiger partial charge is 0.297 e. The van der Waals surface area contributed by atoms with Gasteiger partial charge < -0.3 is 0 Å². The van der Waals surface area contributed by atoms with E-state index in [0.29, 0.717) is 12.2 Å². The van der Waals surface area contributed by atoms with E-state index in [1.807, 2.05) is 25.1 Å². The first-order chi connectivity index (χ1) is 9.45. The van der Waals surface area contributed by atoms with Gasteiger partial charge in [-0.1, -0.05) is 29.8 Å². The van der Waals surface area contributed by atoms with Crippen LogP contribution in [0.5, 0.6) is 0 Å². The molecule has 7 heteroatoms. The Hall–Kier alpha value is -1.73. The fraction of sp³-hybridized carbons (Fsp3) is 0.385. The van der Waals surface area contributed by atoms with Crippen molar-refractivity contribution in [1.82, 2.24) is 14.8 Å². The standard InChI is InChI=1S/C13H16N4O2S/c1-9-3-2-4-10(7-9)8-12-15-16-13(20(14,18)19)17(12)11-5-6-11/h2-4,7,11H,5-6,8H2,1H3,(H2,14,18,19). The van der Waals surface area contributed by atoms with Crippen LogP contribution in [0.2, 0.25) is 0 Å². The monoisotopic (exact) mass is 292 g/mol. The molecule has 0 saturated heterocycles. The highest BCUT2D eigenvalue weighted by Crippen LogP contribution is 2.37. The first-order valence-electron chi connectivity index (χ1n) is 6.47. The fourth-order valence-electron chi connectivity index (χ4n) is 2.33. The third-order valence-electron chi connectivity index (χ3n) is 3.35. The van der Waals surface area contributed by atoms with Crippen LogP contribution in [0.1, 0.15) is 35.8 Å². The Bertz CT molecular complexity index is 747. The summed E-state index contributed by atoms with van der Waals surface area (Å²) in [5.74, 6) is 0.655. The summed E-state index contributed by atoms with van der Waals surface area (Å²) in [6.07, 6.45) is 2.45. The van der Waals surface area contributed by atoms with E-state index in [2.05, 4.69) is 16.3 Å². The highest BCUT2D eigenvalue weighted by molar-refractivity contribution is 7.89. The molecule has 3 rings (SSSR count). The van der Waals surface area contributed by atoms with Gasteiger partial charge in [0.25, 0.3) is 15.2 Å². The molecule has 20 heavy (non-hydrogen) atoms. The van der Waals surface area contributed by atoms with Crippen molar-refractivity contribution >= 4 is 10.0 Å². The van der Waals surface area contributed by atoms with E-state index in [1.165, 1.54) is 0 Å². The van der Waals surface area contributed by atoms with Gasteiger partial charge in [0.1, 0.15) is 5.82 Å². The third kappa shape index (κ3) is 2.59. The van der Waals surface area contributed by atoms with Crippen LogP contribution in [0.3, 0.4) is 0 Å². The van der Waals surface area contributed by atoms with Gasteiger partial charge in [0.2, 0.25) is 0 Å². The summed E-state index contributed by atoms with van der Waals surface area (Å²) < 4.78 is 24.8. The van der Waals surface area contributed by atoms with Crippen LogP contribution < -0.4 is 5.14 Å². The van der Waals surface area contributed by atoms with Crippen LogP contribution in [0, 0.1) is 6.92 Å². The smallest absolute Gasteiger partial charge is 0.273 e. The third-order valence-corrected chi connectivity index (χ3v) is 4.13. The number of rotatable bonds is 4. The predicted molar refractivity (Wildman–Crippen MR) is 73.7 cm³/mol. The minimum atomic E-state index is -3.83. The van der Waals surface area contributed by atoms with Crippen molar-refractivity contribution in [2.24, 2.45) is 5.14 Å². The molecule has 0 bridgehead atoms. The van der Waals surface area contributed by atoms with Crippen molar-refractivity contribution in [2.75, 3.05) is 0 Å². The Morgan fingerprint density at radius 3 is 2.70 bits per heavy atom. The van der Waals surface area contributed by atoms with Crippen molar-refractivity contribution < 1.29 is 8.42 Å². The van der Waals surface area contributed by atoms with E-state index in [-0.39, 0.29) is 11.2 Å². The number of benzene rings is 1. The molecule has 0 aliphatic heterocycles. The van der Waals surface area contributed by atoms with Crippen LogP contribution in [-0.4, -0.2) is 23.2 Å². The van der Waals surface area contributed by atoms with Gasteiger partial charge in [-0.2, -0.15) is 0 Å².